The molecule has 0 saturated carbocycles. The van der Waals surface area contributed by atoms with E-state index in [0.29, 0.717) is 4.90 Å². The van der Waals surface area contributed by atoms with Crippen LogP contribution in [0.1, 0.15) is 31.4 Å². The molecule has 1 aromatic rings. The minimum Gasteiger partial charge on any atom is -0.377 e. The predicted octanol–water partition coefficient (Wildman–Crippen LogP) is 3.12. The second-order valence-electron chi connectivity index (χ2n) is 4.42. The lowest BCUT2D eigenvalue weighted by Gasteiger charge is -2.11. The topological polar surface area (TPSA) is 35.2 Å². The Bertz CT molecular complexity index is 378. The Labute approximate surface area is 106 Å². The van der Waals surface area contributed by atoms with E-state index in [9.17, 15) is 4.39 Å². The molecular weight excluding hydrogens is 237 g/mol. The van der Waals surface area contributed by atoms with Crippen LogP contribution in [0.25, 0.3) is 0 Å². The first-order valence-corrected chi connectivity index (χ1v) is 6.95. The van der Waals surface area contributed by atoms with Crippen molar-refractivity contribution < 1.29 is 9.13 Å². The number of benzene rings is 1. The van der Waals surface area contributed by atoms with Gasteiger partial charge in [-0.3, -0.25) is 0 Å². The molecule has 1 saturated heterocycles. The second kappa shape index (κ2) is 5.85. The van der Waals surface area contributed by atoms with Crippen LogP contribution >= 0.6 is 11.8 Å². The smallest absolute Gasteiger partial charge is 0.137 e. The summed E-state index contributed by atoms with van der Waals surface area (Å²) in [5, 5.41) is 0. The summed E-state index contributed by atoms with van der Waals surface area (Å²) in [6.45, 7) is 2.70. The average molecular weight is 255 g/mol. The zero-order chi connectivity index (χ0) is 12.3. The maximum atomic E-state index is 13.8. The largest absolute Gasteiger partial charge is 0.377 e. The molecule has 0 aliphatic carbocycles. The molecule has 2 N–H and O–H groups in total. The van der Waals surface area contributed by atoms with E-state index >= 15 is 0 Å². The van der Waals surface area contributed by atoms with Gasteiger partial charge in [0, 0.05) is 23.3 Å². The molecule has 17 heavy (non-hydrogen) atoms. The molecule has 0 aromatic heterocycles. The fourth-order valence-corrected chi connectivity index (χ4v) is 2.87. The third kappa shape index (κ3) is 3.44. The summed E-state index contributed by atoms with van der Waals surface area (Å²) < 4.78 is 19.3. The van der Waals surface area contributed by atoms with Crippen LogP contribution in [0, 0.1) is 5.82 Å². The van der Waals surface area contributed by atoms with Gasteiger partial charge in [-0.1, -0.05) is 6.07 Å². The van der Waals surface area contributed by atoms with Crippen LogP contribution in [0.2, 0.25) is 0 Å². The van der Waals surface area contributed by atoms with E-state index in [2.05, 4.69) is 0 Å². The second-order valence-corrected chi connectivity index (χ2v) is 5.49. The third-order valence-electron chi connectivity index (χ3n) is 2.93. The van der Waals surface area contributed by atoms with Gasteiger partial charge in [-0.2, -0.15) is 0 Å². The van der Waals surface area contributed by atoms with Gasteiger partial charge in [-0.05, 0) is 37.5 Å². The van der Waals surface area contributed by atoms with Gasteiger partial charge in [0.05, 0.1) is 6.10 Å². The van der Waals surface area contributed by atoms with Crippen molar-refractivity contribution in [3.8, 4) is 0 Å². The summed E-state index contributed by atoms with van der Waals surface area (Å²) >= 11 is 1.52. The van der Waals surface area contributed by atoms with Crippen molar-refractivity contribution in [2.75, 3.05) is 12.4 Å². The average Bonchev–Trinajstić information content (AvgIpc) is 2.80. The fraction of sp³-hybridized carbons (Fsp3) is 0.538. The molecule has 0 amide bonds. The van der Waals surface area contributed by atoms with Crippen LogP contribution in [0.5, 0.6) is 0 Å². The SMILES string of the molecule is C[C@H](N)c1ccc(SCC2CCCO2)c(F)c1. The van der Waals surface area contributed by atoms with Crippen molar-refractivity contribution in [1.29, 1.82) is 0 Å². The van der Waals surface area contributed by atoms with E-state index < -0.39 is 0 Å². The van der Waals surface area contributed by atoms with E-state index in [1.54, 1.807) is 0 Å². The first-order valence-electron chi connectivity index (χ1n) is 5.96. The Hall–Kier alpha value is -0.580. The van der Waals surface area contributed by atoms with Crippen molar-refractivity contribution in [3.05, 3.63) is 29.6 Å². The van der Waals surface area contributed by atoms with Crippen molar-refractivity contribution in [1.82, 2.24) is 0 Å². The van der Waals surface area contributed by atoms with E-state index in [4.69, 9.17) is 10.5 Å². The van der Waals surface area contributed by atoms with E-state index in [1.165, 1.54) is 17.8 Å². The summed E-state index contributed by atoms with van der Waals surface area (Å²) in [7, 11) is 0. The number of ether oxygens (including phenoxy) is 1. The quantitative estimate of drug-likeness (QED) is 0.840. The monoisotopic (exact) mass is 255 g/mol. The molecule has 1 aliphatic heterocycles. The summed E-state index contributed by atoms with van der Waals surface area (Å²) in [4.78, 5) is 0.685. The molecule has 94 valence electrons. The molecule has 1 heterocycles. The van der Waals surface area contributed by atoms with Crippen molar-refractivity contribution in [2.24, 2.45) is 5.73 Å². The van der Waals surface area contributed by atoms with E-state index in [-0.39, 0.29) is 18.0 Å². The Balaban J connectivity index is 1.96. The van der Waals surface area contributed by atoms with Gasteiger partial charge in [0.25, 0.3) is 0 Å². The van der Waals surface area contributed by atoms with Crippen LogP contribution in [0.3, 0.4) is 0 Å². The zero-order valence-electron chi connectivity index (χ0n) is 9.99. The van der Waals surface area contributed by atoms with Crippen LogP contribution in [-0.2, 0) is 4.74 Å². The number of halogens is 1. The van der Waals surface area contributed by atoms with Crippen LogP contribution in [0.4, 0.5) is 4.39 Å². The number of thioether (sulfide) groups is 1. The summed E-state index contributed by atoms with van der Waals surface area (Å²) in [6.07, 6.45) is 2.50. The summed E-state index contributed by atoms with van der Waals surface area (Å²) in [5.74, 6) is 0.650. The maximum Gasteiger partial charge on any atom is 0.137 e. The molecule has 1 unspecified atom stereocenters. The highest BCUT2D eigenvalue weighted by Gasteiger charge is 2.16. The standard InChI is InChI=1S/C13H18FNOS/c1-9(15)10-4-5-13(12(14)7-10)17-8-11-3-2-6-16-11/h4-5,7,9,11H,2-3,6,8,15H2,1H3/t9-,11?/m0/s1. The fourth-order valence-electron chi connectivity index (χ4n) is 1.88. The normalized spacial score (nSPS) is 21.7. The van der Waals surface area contributed by atoms with Crippen molar-refractivity contribution in [2.45, 2.75) is 36.8 Å². The van der Waals surface area contributed by atoms with Gasteiger partial charge >= 0.3 is 0 Å². The molecule has 1 fully saturated rings. The highest BCUT2D eigenvalue weighted by molar-refractivity contribution is 7.99. The maximum absolute atomic E-state index is 13.8. The van der Waals surface area contributed by atoms with Gasteiger partial charge in [-0.15, -0.1) is 11.8 Å². The molecule has 2 nitrogen and oxygen atoms in total. The Morgan fingerprint density at radius 1 is 1.59 bits per heavy atom. The molecule has 4 heteroatoms. The number of hydrogen-bond acceptors (Lipinski definition) is 3. The van der Waals surface area contributed by atoms with Crippen LogP contribution in [0.15, 0.2) is 23.1 Å². The molecule has 1 aromatic carbocycles. The highest BCUT2D eigenvalue weighted by atomic mass is 32.2. The van der Waals surface area contributed by atoms with Gasteiger partial charge in [0.15, 0.2) is 0 Å². The zero-order valence-corrected chi connectivity index (χ0v) is 10.8. The van der Waals surface area contributed by atoms with Crippen LogP contribution in [-0.4, -0.2) is 18.5 Å². The van der Waals surface area contributed by atoms with E-state index in [0.717, 1.165) is 30.8 Å². The lowest BCUT2D eigenvalue weighted by Crippen LogP contribution is -2.08. The Kier molecular flexibility index (Phi) is 4.42. The summed E-state index contributed by atoms with van der Waals surface area (Å²) in [5.41, 5.74) is 6.55. The lowest BCUT2D eigenvalue weighted by molar-refractivity contribution is 0.129. The van der Waals surface area contributed by atoms with Gasteiger partial charge in [-0.25, -0.2) is 4.39 Å². The van der Waals surface area contributed by atoms with Gasteiger partial charge in [0.2, 0.25) is 0 Å². The molecule has 2 atom stereocenters. The molecule has 1 aliphatic rings. The van der Waals surface area contributed by atoms with Gasteiger partial charge in [0.1, 0.15) is 5.82 Å². The Morgan fingerprint density at radius 2 is 2.41 bits per heavy atom. The van der Waals surface area contributed by atoms with Crippen molar-refractivity contribution >= 4 is 11.8 Å². The molecule has 0 spiro atoms. The predicted molar refractivity (Wildman–Crippen MR) is 68.7 cm³/mol. The highest BCUT2D eigenvalue weighted by Crippen LogP contribution is 2.27. The number of rotatable bonds is 4. The molecule has 0 bridgehead atoms. The van der Waals surface area contributed by atoms with Crippen LogP contribution < -0.4 is 5.73 Å². The van der Waals surface area contributed by atoms with Crippen molar-refractivity contribution in [3.63, 3.8) is 0 Å². The number of hydrogen-bond donors (Lipinski definition) is 1. The van der Waals surface area contributed by atoms with E-state index in [1.807, 2.05) is 19.1 Å². The van der Waals surface area contributed by atoms with Gasteiger partial charge < -0.3 is 10.5 Å². The molecular formula is C13H18FNOS. The first-order chi connectivity index (χ1) is 8.16. The third-order valence-corrected chi connectivity index (χ3v) is 4.11. The lowest BCUT2D eigenvalue weighted by atomic mass is 10.1. The molecule has 0 radical (unpaired) electrons. The number of nitrogens with two attached hydrogens (primary N) is 1. The minimum absolute atomic E-state index is 0.123. The molecule has 2 rings (SSSR count). The first kappa shape index (κ1) is 12.9. The Morgan fingerprint density at radius 3 is 3.00 bits per heavy atom. The summed E-state index contributed by atoms with van der Waals surface area (Å²) in [6, 6.07) is 5.11. The minimum atomic E-state index is -0.178.